The fraction of sp³-hybridized carbons (Fsp3) is 0.0588. The Morgan fingerprint density at radius 3 is 1.74 bits per heavy atom. The van der Waals surface area contributed by atoms with Crippen molar-refractivity contribution in [3.8, 4) is 10.4 Å². The Hall–Kier alpha value is -4.04. The van der Waals surface area contributed by atoms with Gasteiger partial charge in [0.15, 0.2) is 0 Å². The number of rotatable bonds is 8. The highest BCUT2D eigenvalue weighted by molar-refractivity contribution is 7.93. The van der Waals surface area contributed by atoms with Crippen LogP contribution in [-0.2, 0) is 19.7 Å². The second-order valence-electron chi connectivity index (χ2n) is 10.3. The zero-order valence-electron chi connectivity index (χ0n) is 23.1. The Morgan fingerprint density at radius 2 is 1.19 bits per heavy atom. The molecular formula is C34H28NO5PS2. The lowest BCUT2D eigenvalue weighted by Crippen LogP contribution is -2.29. The van der Waals surface area contributed by atoms with Crippen molar-refractivity contribution in [2.45, 2.75) is 17.0 Å². The van der Waals surface area contributed by atoms with Gasteiger partial charge in [-0.05, 0) is 47.4 Å². The van der Waals surface area contributed by atoms with Crippen molar-refractivity contribution in [2.75, 3.05) is 4.72 Å². The smallest absolute Gasteiger partial charge is 0.323 e. The molecule has 9 heteroatoms. The fourth-order valence-corrected chi connectivity index (χ4v) is 9.99. The number of nitrogens with one attached hydrogen (secondary N) is 1. The number of fused-ring (bicyclic) bond motifs is 1. The largest absolute Gasteiger partial charge is 0.344 e. The van der Waals surface area contributed by atoms with Crippen LogP contribution < -0.4 is 4.72 Å². The number of benzene rings is 5. The maximum Gasteiger partial charge on any atom is 0.344 e. The van der Waals surface area contributed by atoms with Gasteiger partial charge in [0, 0.05) is 15.8 Å². The summed E-state index contributed by atoms with van der Waals surface area (Å²) in [6, 6.07) is 38.8. The van der Waals surface area contributed by atoms with Gasteiger partial charge in [-0.25, -0.2) is 8.42 Å². The summed E-state index contributed by atoms with van der Waals surface area (Å²) in [7, 11) is -8.87. The topological polar surface area (TPSA) is 104 Å². The van der Waals surface area contributed by atoms with E-state index >= 15 is 0 Å². The molecule has 0 amide bonds. The van der Waals surface area contributed by atoms with E-state index in [1.807, 2.05) is 31.2 Å². The molecule has 6 aromatic rings. The van der Waals surface area contributed by atoms with Gasteiger partial charge < -0.3 is 9.79 Å². The van der Waals surface area contributed by atoms with Crippen LogP contribution in [0.5, 0.6) is 0 Å². The van der Waals surface area contributed by atoms with Crippen molar-refractivity contribution in [1.82, 2.24) is 0 Å². The molecule has 0 bridgehead atoms. The van der Waals surface area contributed by atoms with Gasteiger partial charge in [-0.15, -0.1) is 11.3 Å². The van der Waals surface area contributed by atoms with Crippen LogP contribution in [0.3, 0.4) is 0 Å². The molecule has 0 saturated carbocycles. The Morgan fingerprint density at radius 1 is 0.674 bits per heavy atom. The Bertz CT molecular complexity index is 2010. The lowest BCUT2D eigenvalue weighted by molar-refractivity contribution is 0.349. The molecule has 1 aromatic heterocycles. The van der Waals surface area contributed by atoms with Crippen LogP contribution in [0.1, 0.15) is 22.3 Å². The maximum absolute atomic E-state index is 13.9. The van der Waals surface area contributed by atoms with E-state index in [1.54, 1.807) is 109 Å². The van der Waals surface area contributed by atoms with Gasteiger partial charge in [-0.3, -0.25) is 9.29 Å². The Labute approximate surface area is 254 Å². The first-order valence-electron chi connectivity index (χ1n) is 13.5. The summed E-state index contributed by atoms with van der Waals surface area (Å²) in [5.74, 6) is 0. The molecule has 216 valence electrons. The first-order chi connectivity index (χ1) is 20.6. The minimum absolute atomic E-state index is 0.161. The van der Waals surface area contributed by atoms with Crippen LogP contribution in [-0.4, -0.2) is 18.2 Å². The Balaban J connectivity index is 1.53. The van der Waals surface area contributed by atoms with E-state index in [1.165, 1.54) is 11.3 Å². The highest BCUT2D eigenvalue weighted by atomic mass is 32.2. The molecule has 0 unspecified atom stereocenters. The molecule has 6 rings (SSSR count). The third-order valence-corrected chi connectivity index (χ3v) is 12.0. The molecule has 0 spiro atoms. The first kappa shape index (κ1) is 29.1. The van der Waals surface area contributed by atoms with Crippen LogP contribution in [0.25, 0.3) is 20.5 Å². The number of aryl methyl sites for hydroxylation is 1. The van der Waals surface area contributed by atoms with Crippen molar-refractivity contribution < 1.29 is 22.8 Å². The van der Waals surface area contributed by atoms with Crippen LogP contribution >= 0.6 is 18.9 Å². The second-order valence-corrected chi connectivity index (χ2v) is 14.7. The van der Waals surface area contributed by atoms with Gasteiger partial charge in [0.1, 0.15) is 10.1 Å². The molecule has 0 saturated heterocycles. The molecule has 6 nitrogen and oxygen atoms in total. The van der Waals surface area contributed by atoms with Crippen molar-refractivity contribution in [3.05, 3.63) is 156 Å². The number of hydrogen-bond donors (Lipinski definition) is 3. The second kappa shape index (κ2) is 11.2. The van der Waals surface area contributed by atoms with Gasteiger partial charge in [-0.2, -0.15) is 0 Å². The monoisotopic (exact) mass is 625 g/mol. The zero-order valence-corrected chi connectivity index (χ0v) is 25.6. The molecule has 0 radical (unpaired) electrons. The van der Waals surface area contributed by atoms with E-state index in [0.29, 0.717) is 38.2 Å². The van der Waals surface area contributed by atoms with E-state index in [0.717, 1.165) is 10.3 Å². The summed E-state index contributed by atoms with van der Waals surface area (Å²) in [6.07, 6.45) is 0. The third-order valence-electron chi connectivity index (χ3n) is 7.51. The van der Waals surface area contributed by atoms with Gasteiger partial charge in [0.2, 0.25) is 0 Å². The molecular weight excluding hydrogens is 597 g/mol. The van der Waals surface area contributed by atoms with Crippen molar-refractivity contribution in [1.29, 1.82) is 0 Å². The predicted octanol–water partition coefficient (Wildman–Crippen LogP) is 8.15. The third kappa shape index (κ3) is 5.22. The average molecular weight is 626 g/mol. The summed E-state index contributed by atoms with van der Waals surface area (Å²) in [6.45, 7) is 1.93. The molecule has 3 N–H and O–H groups in total. The van der Waals surface area contributed by atoms with Gasteiger partial charge in [0.05, 0.1) is 4.88 Å². The standard InChI is InChI=1S/C34H28NO5PS2/c1-24-16-22-29(23-17-24)35-43(39,40)33-30-14-8-9-15-31(30)42-32(33)25-18-20-28(21-19-25)34(41(36,37)38,26-10-4-2-5-11-26)27-12-6-3-7-13-27/h2-23,35H,1H3,(H2,36,37,38). The van der Waals surface area contributed by atoms with Gasteiger partial charge in [0.25, 0.3) is 10.0 Å². The maximum atomic E-state index is 13.9. The summed E-state index contributed by atoms with van der Waals surface area (Å²) < 4.78 is 44.8. The lowest BCUT2D eigenvalue weighted by atomic mass is 9.83. The summed E-state index contributed by atoms with van der Waals surface area (Å²) in [5.41, 5.74) is 3.39. The highest BCUT2D eigenvalue weighted by Crippen LogP contribution is 2.64. The summed E-state index contributed by atoms with van der Waals surface area (Å²) >= 11 is 1.36. The normalized spacial score (nSPS) is 12.3. The SMILES string of the molecule is Cc1ccc(NS(=O)(=O)c2c(-c3ccc(C(c4ccccc4)(c4ccccc4)P(=O)(O)O)cc3)sc3ccccc23)cc1. The number of sulfonamides is 1. The van der Waals surface area contributed by atoms with E-state index < -0.39 is 22.8 Å². The van der Waals surface area contributed by atoms with E-state index in [9.17, 15) is 22.8 Å². The summed E-state index contributed by atoms with van der Waals surface area (Å²) in [4.78, 5) is 22.7. The molecule has 5 aromatic carbocycles. The quantitative estimate of drug-likeness (QED) is 0.117. The molecule has 0 atom stereocenters. The molecule has 0 fully saturated rings. The molecule has 0 aliphatic carbocycles. The first-order valence-corrected chi connectivity index (χ1v) is 17.4. The number of thiophene rings is 1. The van der Waals surface area contributed by atoms with Gasteiger partial charge >= 0.3 is 7.60 Å². The Kier molecular flexibility index (Phi) is 7.59. The molecule has 0 aliphatic heterocycles. The fourth-order valence-electron chi connectivity index (χ4n) is 5.53. The zero-order chi connectivity index (χ0) is 30.2. The number of anilines is 1. The minimum atomic E-state index is -4.87. The van der Waals surface area contributed by atoms with Crippen molar-refractivity contribution >= 4 is 44.7 Å². The van der Waals surface area contributed by atoms with E-state index in [2.05, 4.69) is 4.72 Å². The van der Waals surface area contributed by atoms with Gasteiger partial charge in [-0.1, -0.05) is 121 Å². The summed E-state index contributed by atoms with van der Waals surface area (Å²) in [5, 5.41) is -1.17. The minimum Gasteiger partial charge on any atom is -0.323 e. The van der Waals surface area contributed by atoms with Crippen LogP contribution in [0, 0.1) is 6.92 Å². The number of hydrogen-bond acceptors (Lipinski definition) is 4. The van der Waals surface area contributed by atoms with Crippen LogP contribution in [0.4, 0.5) is 5.69 Å². The van der Waals surface area contributed by atoms with E-state index in [4.69, 9.17) is 0 Å². The molecule has 43 heavy (non-hydrogen) atoms. The predicted molar refractivity (Wildman–Crippen MR) is 174 cm³/mol. The van der Waals surface area contributed by atoms with E-state index in [-0.39, 0.29) is 4.90 Å². The lowest BCUT2D eigenvalue weighted by Gasteiger charge is -2.36. The average Bonchev–Trinajstić information content (AvgIpc) is 3.40. The molecule has 0 aliphatic rings. The van der Waals surface area contributed by atoms with Crippen LogP contribution in [0.15, 0.2) is 138 Å². The highest BCUT2D eigenvalue weighted by Gasteiger charge is 2.51. The van der Waals surface area contributed by atoms with Crippen molar-refractivity contribution in [2.24, 2.45) is 0 Å². The van der Waals surface area contributed by atoms with Crippen molar-refractivity contribution in [3.63, 3.8) is 0 Å². The van der Waals surface area contributed by atoms with Crippen LogP contribution in [0.2, 0.25) is 0 Å². The molecule has 1 heterocycles.